The van der Waals surface area contributed by atoms with Crippen molar-refractivity contribution in [2.24, 2.45) is 0 Å². The van der Waals surface area contributed by atoms with Crippen molar-refractivity contribution in [3.63, 3.8) is 0 Å². The summed E-state index contributed by atoms with van der Waals surface area (Å²) in [5, 5.41) is 13.1. The lowest BCUT2D eigenvalue weighted by molar-refractivity contribution is 0.144. The molecule has 1 aromatic carbocycles. The fourth-order valence-corrected chi connectivity index (χ4v) is 2.52. The van der Waals surface area contributed by atoms with E-state index in [-0.39, 0.29) is 11.1 Å². The molecule has 3 nitrogen and oxygen atoms in total. The predicted octanol–water partition coefficient (Wildman–Crippen LogP) is 3.17. The number of hydrogen-bond donors (Lipinski definition) is 3. The normalized spacial score (nSPS) is 24.6. The van der Waals surface area contributed by atoms with Gasteiger partial charge in [0, 0.05) is 6.07 Å². The molecule has 1 aliphatic carbocycles. The third-order valence-electron chi connectivity index (χ3n) is 3.41. The maximum absolute atomic E-state index is 13.4. The molecule has 2 unspecified atom stereocenters. The van der Waals surface area contributed by atoms with Crippen LogP contribution < -0.4 is 11.1 Å². The van der Waals surface area contributed by atoms with E-state index in [1.165, 1.54) is 12.1 Å². The topological polar surface area (TPSA) is 58.3 Å². The van der Waals surface area contributed by atoms with E-state index in [4.69, 9.17) is 17.3 Å². The number of hydrogen-bond acceptors (Lipinski definition) is 3. The van der Waals surface area contributed by atoms with Gasteiger partial charge in [0.25, 0.3) is 0 Å². The number of aliphatic hydroxyl groups is 1. The van der Waals surface area contributed by atoms with Crippen LogP contribution in [0.3, 0.4) is 0 Å². The molecule has 0 aromatic heterocycles. The van der Waals surface area contributed by atoms with Gasteiger partial charge in [-0.3, -0.25) is 0 Å². The molecule has 1 aromatic rings. The zero-order valence-electron chi connectivity index (χ0n) is 10.1. The number of anilines is 2. The van der Waals surface area contributed by atoms with E-state index in [0.717, 1.165) is 32.1 Å². The highest BCUT2D eigenvalue weighted by molar-refractivity contribution is 6.31. The fraction of sp³-hybridized carbons (Fsp3) is 0.538. The van der Waals surface area contributed by atoms with Crippen LogP contribution in [-0.4, -0.2) is 17.3 Å². The van der Waals surface area contributed by atoms with Gasteiger partial charge in [0.15, 0.2) is 0 Å². The van der Waals surface area contributed by atoms with Crippen LogP contribution in [0.15, 0.2) is 12.1 Å². The maximum Gasteiger partial charge on any atom is 0.143 e. The van der Waals surface area contributed by atoms with Crippen LogP contribution >= 0.6 is 11.6 Å². The largest absolute Gasteiger partial charge is 0.397 e. The molecule has 0 amide bonds. The Morgan fingerprint density at radius 2 is 2.00 bits per heavy atom. The monoisotopic (exact) mass is 272 g/mol. The van der Waals surface area contributed by atoms with Gasteiger partial charge >= 0.3 is 0 Å². The lowest BCUT2D eigenvalue weighted by Crippen LogP contribution is -2.32. The minimum absolute atomic E-state index is 0.0134. The Morgan fingerprint density at radius 3 is 2.78 bits per heavy atom. The van der Waals surface area contributed by atoms with Gasteiger partial charge in [0.1, 0.15) is 5.82 Å². The molecule has 5 heteroatoms. The number of nitrogens with one attached hydrogen (secondary N) is 1. The lowest BCUT2D eigenvalue weighted by Gasteiger charge is -2.24. The van der Waals surface area contributed by atoms with Crippen LogP contribution in [-0.2, 0) is 0 Å². The molecule has 0 bridgehead atoms. The average Bonchev–Trinajstić information content (AvgIpc) is 2.52. The standard InChI is InChI=1S/C13H18ClFN2O/c14-8-6-10(16)12(7-9(8)15)17-11-4-2-1-3-5-13(11)18/h6-7,11,13,17-18H,1-5,16H2. The van der Waals surface area contributed by atoms with Gasteiger partial charge in [0.05, 0.1) is 28.5 Å². The molecule has 0 saturated heterocycles. The van der Waals surface area contributed by atoms with Crippen LogP contribution in [0.25, 0.3) is 0 Å². The van der Waals surface area contributed by atoms with Crippen LogP contribution in [0.5, 0.6) is 0 Å². The molecule has 2 atom stereocenters. The SMILES string of the molecule is Nc1cc(Cl)c(F)cc1NC1CCCCCC1O. The Balaban J connectivity index is 2.14. The summed E-state index contributed by atoms with van der Waals surface area (Å²) in [7, 11) is 0. The number of rotatable bonds is 2. The molecule has 1 fully saturated rings. The van der Waals surface area contributed by atoms with Crippen molar-refractivity contribution in [1.29, 1.82) is 0 Å². The molecule has 1 aliphatic rings. The molecular formula is C13H18ClFN2O. The second kappa shape index (κ2) is 5.76. The highest BCUT2D eigenvalue weighted by Gasteiger charge is 2.22. The molecule has 100 valence electrons. The number of halogens is 2. The molecule has 0 aliphatic heterocycles. The number of nitrogens with two attached hydrogens (primary N) is 1. The molecule has 1 saturated carbocycles. The van der Waals surface area contributed by atoms with Crippen molar-refractivity contribution in [3.8, 4) is 0 Å². The fourth-order valence-electron chi connectivity index (χ4n) is 2.34. The van der Waals surface area contributed by atoms with E-state index in [9.17, 15) is 9.50 Å². The first-order valence-electron chi connectivity index (χ1n) is 6.27. The summed E-state index contributed by atoms with van der Waals surface area (Å²) in [6, 6.07) is 2.60. The zero-order valence-corrected chi connectivity index (χ0v) is 10.9. The number of aliphatic hydroxyl groups excluding tert-OH is 1. The second-order valence-corrected chi connectivity index (χ2v) is 5.22. The quantitative estimate of drug-likeness (QED) is 0.572. The van der Waals surface area contributed by atoms with E-state index >= 15 is 0 Å². The van der Waals surface area contributed by atoms with E-state index in [2.05, 4.69) is 5.32 Å². The highest BCUT2D eigenvalue weighted by atomic mass is 35.5. The molecule has 18 heavy (non-hydrogen) atoms. The third kappa shape index (κ3) is 3.06. The van der Waals surface area contributed by atoms with Gasteiger partial charge in [-0.15, -0.1) is 0 Å². The Hall–Kier alpha value is -1.00. The number of benzene rings is 1. The third-order valence-corrected chi connectivity index (χ3v) is 3.70. The van der Waals surface area contributed by atoms with E-state index < -0.39 is 11.9 Å². The molecule has 0 heterocycles. The van der Waals surface area contributed by atoms with Crippen molar-refractivity contribution in [3.05, 3.63) is 23.0 Å². The Bertz CT molecular complexity index is 428. The minimum Gasteiger partial charge on any atom is -0.397 e. The van der Waals surface area contributed by atoms with Crippen molar-refractivity contribution in [1.82, 2.24) is 0 Å². The van der Waals surface area contributed by atoms with E-state index in [1.807, 2.05) is 0 Å². The van der Waals surface area contributed by atoms with Gasteiger partial charge in [-0.1, -0.05) is 30.9 Å². The van der Waals surface area contributed by atoms with Crippen molar-refractivity contribution >= 4 is 23.0 Å². The summed E-state index contributed by atoms with van der Waals surface area (Å²) in [4.78, 5) is 0. The van der Waals surface area contributed by atoms with Gasteiger partial charge in [-0.25, -0.2) is 4.39 Å². The summed E-state index contributed by atoms with van der Waals surface area (Å²) in [5.41, 5.74) is 6.70. The minimum atomic E-state index is -0.503. The van der Waals surface area contributed by atoms with Crippen molar-refractivity contribution in [2.45, 2.75) is 44.2 Å². The van der Waals surface area contributed by atoms with Crippen molar-refractivity contribution in [2.75, 3.05) is 11.1 Å². The molecular weight excluding hydrogens is 255 g/mol. The Morgan fingerprint density at radius 1 is 1.28 bits per heavy atom. The molecule has 4 N–H and O–H groups in total. The van der Waals surface area contributed by atoms with Crippen LogP contribution in [0, 0.1) is 5.82 Å². The highest BCUT2D eigenvalue weighted by Crippen LogP contribution is 2.29. The van der Waals surface area contributed by atoms with Gasteiger partial charge in [0.2, 0.25) is 0 Å². The second-order valence-electron chi connectivity index (χ2n) is 4.81. The first kappa shape index (κ1) is 13.4. The van der Waals surface area contributed by atoms with Gasteiger partial charge in [-0.05, 0) is 18.9 Å². The predicted molar refractivity (Wildman–Crippen MR) is 72.3 cm³/mol. The van der Waals surface area contributed by atoms with Gasteiger partial charge in [-0.2, -0.15) is 0 Å². The zero-order chi connectivity index (χ0) is 13.1. The molecule has 0 spiro atoms. The van der Waals surface area contributed by atoms with Crippen LogP contribution in [0.2, 0.25) is 5.02 Å². The van der Waals surface area contributed by atoms with Crippen LogP contribution in [0.1, 0.15) is 32.1 Å². The summed E-state index contributed by atoms with van der Waals surface area (Å²) >= 11 is 5.65. The van der Waals surface area contributed by atoms with E-state index in [0.29, 0.717) is 11.4 Å². The molecule has 0 radical (unpaired) electrons. The lowest BCUT2D eigenvalue weighted by atomic mass is 10.1. The summed E-state index contributed by atoms with van der Waals surface area (Å²) in [6.45, 7) is 0. The first-order chi connectivity index (χ1) is 8.58. The average molecular weight is 273 g/mol. The number of nitrogen functional groups attached to an aromatic ring is 1. The Kier molecular flexibility index (Phi) is 4.30. The van der Waals surface area contributed by atoms with E-state index in [1.54, 1.807) is 0 Å². The first-order valence-corrected chi connectivity index (χ1v) is 6.65. The van der Waals surface area contributed by atoms with Gasteiger partial charge < -0.3 is 16.2 Å². The summed E-state index contributed by atoms with van der Waals surface area (Å²) in [5.74, 6) is -0.503. The molecule has 2 rings (SSSR count). The van der Waals surface area contributed by atoms with Crippen molar-refractivity contribution < 1.29 is 9.50 Å². The Labute approximate surface area is 111 Å². The maximum atomic E-state index is 13.4. The summed E-state index contributed by atoms with van der Waals surface area (Å²) < 4.78 is 13.4. The summed E-state index contributed by atoms with van der Waals surface area (Å²) in [6.07, 6.45) is 4.44. The van der Waals surface area contributed by atoms with Crippen LogP contribution in [0.4, 0.5) is 15.8 Å². The smallest absolute Gasteiger partial charge is 0.143 e.